The van der Waals surface area contributed by atoms with Crippen molar-refractivity contribution in [1.82, 2.24) is 0 Å². The number of nitrogens with one attached hydrogen (secondary N) is 1. The van der Waals surface area contributed by atoms with Crippen LogP contribution in [-0.2, 0) is 4.79 Å². The summed E-state index contributed by atoms with van der Waals surface area (Å²) >= 11 is 3.24. The Morgan fingerprint density at radius 3 is 3.00 bits per heavy atom. The van der Waals surface area contributed by atoms with Crippen molar-refractivity contribution in [3.63, 3.8) is 0 Å². The summed E-state index contributed by atoms with van der Waals surface area (Å²) < 4.78 is 0.762. The molecule has 0 aliphatic carbocycles. The van der Waals surface area contributed by atoms with E-state index in [0.717, 1.165) is 4.47 Å². The molecule has 1 aromatic carbocycles. The zero-order chi connectivity index (χ0) is 12.1. The van der Waals surface area contributed by atoms with Gasteiger partial charge in [-0.2, -0.15) is 0 Å². The molecule has 0 bridgehead atoms. The fourth-order valence-electron chi connectivity index (χ4n) is 1.12. The quantitative estimate of drug-likeness (QED) is 0.585. The Kier molecular flexibility index (Phi) is 4.52. The average molecular weight is 285 g/mol. The van der Waals surface area contributed by atoms with Crippen molar-refractivity contribution in [1.29, 1.82) is 0 Å². The molecule has 4 N–H and O–H groups in total. The number of nitrogens with two attached hydrogens (primary N) is 1. The van der Waals surface area contributed by atoms with Gasteiger partial charge in [-0.25, -0.2) is 0 Å². The van der Waals surface area contributed by atoms with E-state index in [4.69, 9.17) is 5.73 Å². The van der Waals surface area contributed by atoms with Crippen LogP contribution in [0.15, 0.2) is 35.3 Å². The lowest BCUT2D eigenvalue weighted by molar-refractivity contribution is -0.117. The molecule has 5 heteroatoms. The van der Waals surface area contributed by atoms with E-state index < -0.39 is 6.04 Å². The fraction of sp³-hybridized carbons (Fsp3) is 0.182. The van der Waals surface area contributed by atoms with Gasteiger partial charge in [0.05, 0.1) is 11.7 Å². The van der Waals surface area contributed by atoms with Gasteiger partial charge in [0.2, 0.25) is 5.91 Å². The highest BCUT2D eigenvalue weighted by molar-refractivity contribution is 9.10. The number of phenolic OH excluding ortho intramolecular Hbond substituents is 1. The Hall–Kier alpha value is -1.33. The summed E-state index contributed by atoms with van der Waals surface area (Å²) in [5.74, 6) is -0.351. The van der Waals surface area contributed by atoms with Crippen LogP contribution in [-0.4, -0.2) is 17.1 Å². The molecular weight excluding hydrogens is 272 g/mol. The highest BCUT2D eigenvalue weighted by Gasteiger charge is 2.13. The van der Waals surface area contributed by atoms with Gasteiger partial charge < -0.3 is 16.2 Å². The van der Waals surface area contributed by atoms with Crippen molar-refractivity contribution in [3.8, 4) is 5.75 Å². The summed E-state index contributed by atoms with van der Waals surface area (Å²) in [6.07, 6.45) is 1.96. The molecule has 0 aliphatic heterocycles. The normalized spacial score (nSPS) is 11.9. The summed E-state index contributed by atoms with van der Waals surface area (Å²) in [6.45, 7) is 3.50. The zero-order valence-electron chi connectivity index (χ0n) is 8.61. The average Bonchev–Trinajstić information content (AvgIpc) is 2.23. The van der Waals surface area contributed by atoms with E-state index in [1.807, 2.05) is 0 Å². The number of aromatic hydroxyl groups is 1. The number of rotatable bonds is 4. The number of hydrogen-bond donors (Lipinski definition) is 3. The second-order valence-electron chi connectivity index (χ2n) is 3.28. The molecule has 16 heavy (non-hydrogen) atoms. The van der Waals surface area contributed by atoms with Crippen LogP contribution in [0.4, 0.5) is 5.69 Å². The molecule has 1 rings (SSSR count). The molecule has 1 amide bonds. The Balaban J connectivity index is 2.76. The van der Waals surface area contributed by atoms with Gasteiger partial charge in [-0.15, -0.1) is 6.58 Å². The minimum atomic E-state index is -0.657. The third kappa shape index (κ3) is 3.36. The van der Waals surface area contributed by atoms with E-state index >= 15 is 0 Å². The molecule has 0 spiro atoms. The lowest BCUT2D eigenvalue weighted by atomic mass is 10.2. The first kappa shape index (κ1) is 12.7. The second-order valence-corrected chi connectivity index (χ2v) is 4.20. The molecule has 0 heterocycles. The molecule has 1 aromatic rings. The number of halogens is 1. The number of amides is 1. The minimum Gasteiger partial charge on any atom is -0.506 e. The zero-order valence-corrected chi connectivity index (χ0v) is 10.2. The van der Waals surface area contributed by atoms with Crippen LogP contribution in [0.2, 0.25) is 0 Å². The first-order valence-corrected chi connectivity index (χ1v) is 5.49. The third-order valence-electron chi connectivity index (χ3n) is 1.97. The molecule has 0 aliphatic rings. The summed E-state index contributed by atoms with van der Waals surface area (Å²) in [7, 11) is 0. The van der Waals surface area contributed by atoms with Gasteiger partial charge in [0.15, 0.2) is 0 Å². The van der Waals surface area contributed by atoms with Crippen molar-refractivity contribution in [2.45, 2.75) is 12.5 Å². The maximum atomic E-state index is 11.6. The van der Waals surface area contributed by atoms with Gasteiger partial charge in [0.25, 0.3) is 0 Å². The van der Waals surface area contributed by atoms with E-state index in [-0.39, 0.29) is 11.7 Å². The highest BCUT2D eigenvalue weighted by atomic mass is 79.9. The van der Waals surface area contributed by atoms with Crippen molar-refractivity contribution >= 4 is 27.5 Å². The molecule has 86 valence electrons. The van der Waals surface area contributed by atoms with Crippen LogP contribution in [0, 0.1) is 0 Å². The Bertz CT molecular complexity index is 407. The van der Waals surface area contributed by atoms with Crippen LogP contribution >= 0.6 is 15.9 Å². The van der Waals surface area contributed by atoms with Crippen molar-refractivity contribution in [2.24, 2.45) is 5.73 Å². The van der Waals surface area contributed by atoms with E-state index in [2.05, 4.69) is 27.8 Å². The maximum absolute atomic E-state index is 11.6. The van der Waals surface area contributed by atoms with Crippen LogP contribution in [0.1, 0.15) is 6.42 Å². The Labute approximate surface area is 102 Å². The van der Waals surface area contributed by atoms with Crippen molar-refractivity contribution < 1.29 is 9.90 Å². The summed E-state index contributed by atoms with van der Waals surface area (Å²) in [6, 6.07) is 4.11. The van der Waals surface area contributed by atoms with Gasteiger partial charge in [0, 0.05) is 4.47 Å². The lowest BCUT2D eigenvalue weighted by Crippen LogP contribution is -2.35. The number of hydrogen-bond acceptors (Lipinski definition) is 3. The SMILES string of the molecule is C=CCC(N)C(=O)Nc1cc(Br)ccc1O. The van der Waals surface area contributed by atoms with Gasteiger partial charge in [-0.05, 0) is 24.6 Å². The number of carbonyl (C=O) groups is 1. The standard InChI is InChI=1S/C11H13BrN2O2/c1-2-3-8(13)11(16)14-9-6-7(12)4-5-10(9)15/h2,4-6,8,15H,1,3,13H2,(H,14,16). The van der Waals surface area contributed by atoms with Crippen LogP contribution in [0.25, 0.3) is 0 Å². The van der Waals surface area contributed by atoms with Crippen LogP contribution in [0.3, 0.4) is 0 Å². The molecule has 4 nitrogen and oxygen atoms in total. The van der Waals surface area contributed by atoms with E-state index in [9.17, 15) is 9.90 Å². The fourth-order valence-corrected chi connectivity index (χ4v) is 1.48. The van der Waals surface area contributed by atoms with Crippen molar-refractivity contribution in [3.05, 3.63) is 35.3 Å². The Morgan fingerprint density at radius 2 is 2.38 bits per heavy atom. The molecule has 1 unspecified atom stereocenters. The molecule has 0 fully saturated rings. The number of carbonyl (C=O) groups excluding carboxylic acids is 1. The summed E-state index contributed by atoms with van der Waals surface area (Å²) in [5.41, 5.74) is 5.92. The largest absolute Gasteiger partial charge is 0.506 e. The predicted molar refractivity (Wildman–Crippen MR) is 67.2 cm³/mol. The first-order chi connectivity index (χ1) is 7.54. The number of benzene rings is 1. The van der Waals surface area contributed by atoms with Crippen LogP contribution < -0.4 is 11.1 Å². The van der Waals surface area contributed by atoms with Gasteiger partial charge in [-0.1, -0.05) is 22.0 Å². The second kappa shape index (κ2) is 5.67. The summed E-state index contributed by atoms with van der Waals surface area (Å²) in [4.78, 5) is 11.6. The monoisotopic (exact) mass is 284 g/mol. The minimum absolute atomic E-state index is 0.00218. The van der Waals surface area contributed by atoms with Gasteiger partial charge >= 0.3 is 0 Å². The van der Waals surface area contributed by atoms with E-state index in [1.54, 1.807) is 18.2 Å². The predicted octanol–water partition coefficient (Wildman–Crippen LogP) is 2.00. The Morgan fingerprint density at radius 1 is 1.69 bits per heavy atom. The molecule has 0 saturated carbocycles. The highest BCUT2D eigenvalue weighted by Crippen LogP contribution is 2.26. The lowest BCUT2D eigenvalue weighted by Gasteiger charge is -2.11. The maximum Gasteiger partial charge on any atom is 0.241 e. The number of anilines is 1. The molecule has 0 aromatic heterocycles. The topological polar surface area (TPSA) is 75.4 Å². The summed E-state index contributed by atoms with van der Waals surface area (Å²) in [5, 5.41) is 12.0. The van der Waals surface area contributed by atoms with Crippen LogP contribution in [0.5, 0.6) is 5.75 Å². The van der Waals surface area contributed by atoms with Crippen molar-refractivity contribution in [2.75, 3.05) is 5.32 Å². The molecule has 0 saturated heterocycles. The molecule has 0 radical (unpaired) electrons. The number of phenols is 1. The molecule has 1 atom stereocenters. The van der Waals surface area contributed by atoms with E-state index in [1.165, 1.54) is 6.07 Å². The third-order valence-corrected chi connectivity index (χ3v) is 2.47. The van der Waals surface area contributed by atoms with Gasteiger partial charge in [-0.3, -0.25) is 4.79 Å². The first-order valence-electron chi connectivity index (χ1n) is 4.70. The smallest absolute Gasteiger partial charge is 0.241 e. The molecular formula is C11H13BrN2O2. The van der Waals surface area contributed by atoms with E-state index in [0.29, 0.717) is 12.1 Å². The van der Waals surface area contributed by atoms with Gasteiger partial charge in [0.1, 0.15) is 5.75 Å².